The van der Waals surface area contributed by atoms with Crippen molar-refractivity contribution in [2.45, 2.75) is 33.2 Å². The summed E-state index contributed by atoms with van der Waals surface area (Å²) in [5, 5.41) is 18.0. The zero-order chi connectivity index (χ0) is 35.3. The fourth-order valence-electron chi connectivity index (χ4n) is 7.56. The number of aromatic hydroxyl groups is 1. The van der Waals surface area contributed by atoms with E-state index in [0.29, 0.717) is 22.0 Å². The molecule has 0 amide bonds. The quantitative estimate of drug-likeness (QED) is 0.119. The number of hydrogen-bond acceptors (Lipinski definition) is 8. The van der Waals surface area contributed by atoms with Crippen molar-refractivity contribution in [3.05, 3.63) is 131 Å². The number of aromatic nitrogens is 1. The maximum absolute atomic E-state index is 10.9. The van der Waals surface area contributed by atoms with Crippen LogP contribution in [0.5, 0.6) is 17.2 Å². The van der Waals surface area contributed by atoms with E-state index in [0.717, 1.165) is 82.4 Å². The molecule has 51 heavy (non-hydrogen) atoms. The number of fused-ring (bicyclic) bond motifs is 7. The van der Waals surface area contributed by atoms with Crippen molar-refractivity contribution in [2.24, 2.45) is 5.10 Å². The second kappa shape index (κ2) is 12.9. The molecule has 8 rings (SSSR count). The Bertz CT molecular complexity index is 2230. The maximum atomic E-state index is 10.9. The van der Waals surface area contributed by atoms with E-state index in [-0.39, 0.29) is 5.75 Å². The lowest BCUT2D eigenvalue weighted by Gasteiger charge is -2.43. The molecule has 0 saturated heterocycles. The van der Waals surface area contributed by atoms with E-state index in [2.05, 4.69) is 97.1 Å². The van der Waals surface area contributed by atoms with Crippen LogP contribution in [0.15, 0.2) is 113 Å². The van der Waals surface area contributed by atoms with Crippen molar-refractivity contribution in [1.82, 2.24) is 9.99 Å². The third-order valence-electron chi connectivity index (χ3n) is 10.1. The van der Waals surface area contributed by atoms with Crippen molar-refractivity contribution in [3.8, 4) is 28.7 Å². The van der Waals surface area contributed by atoms with Gasteiger partial charge in [0.25, 0.3) is 0 Å². The second-order valence-electron chi connectivity index (χ2n) is 12.7. The van der Waals surface area contributed by atoms with Crippen LogP contribution in [0, 0.1) is 0 Å². The minimum absolute atomic E-state index is 0.0690. The van der Waals surface area contributed by atoms with Gasteiger partial charge in [0, 0.05) is 66.4 Å². The number of anilines is 2. The molecular formula is C42H39N5O3S. The van der Waals surface area contributed by atoms with E-state index < -0.39 is 5.54 Å². The summed E-state index contributed by atoms with van der Waals surface area (Å²) < 4.78 is 12.9. The molecule has 2 aliphatic heterocycles. The van der Waals surface area contributed by atoms with Gasteiger partial charge < -0.3 is 24.1 Å². The van der Waals surface area contributed by atoms with Gasteiger partial charge in [-0.1, -0.05) is 60.7 Å². The highest BCUT2D eigenvalue weighted by Crippen LogP contribution is 2.58. The molecule has 0 saturated carbocycles. The Morgan fingerprint density at radius 2 is 1.37 bits per heavy atom. The molecular weight excluding hydrogens is 655 g/mol. The van der Waals surface area contributed by atoms with Crippen LogP contribution < -0.4 is 14.5 Å². The highest BCUT2D eigenvalue weighted by Gasteiger charge is 2.55. The van der Waals surface area contributed by atoms with Gasteiger partial charge in [-0.2, -0.15) is 5.10 Å². The van der Waals surface area contributed by atoms with Crippen molar-refractivity contribution in [1.29, 1.82) is 0 Å². The number of nitrogens with zero attached hydrogens (tertiary/aromatic N) is 5. The Kier molecular flexibility index (Phi) is 8.23. The first kappa shape index (κ1) is 32.5. The molecule has 256 valence electrons. The van der Waals surface area contributed by atoms with Gasteiger partial charge in [-0.25, -0.2) is 9.99 Å². The van der Waals surface area contributed by atoms with Crippen LogP contribution in [0.25, 0.3) is 22.6 Å². The number of hydrazone groups is 1. The van der Waals surface area contributed by atoms with E-state index in [9.17, 15) is 5.11 Å². The smallest absolute Gasteiger partial charge is 0.231 e. The zero-order valence-corrected chi connectivity index (χ0v) is 29.9. The minimum Gasteiger partial charge on any atom is -0.507 e. The summed E-state index contributed by atoms with van der Waals surface area (Å²) in [6.07, 6.45) is 1.79. The zero-order valence-electron chi connectivity index (χ0n) is 29.1. The standard InChI is InChI=1S/C42H39N5O3S/c1-5-45(6-2)28-18-20-33-38(24-28)49-39-25-29(46(7-3)8-4)19-21-34(39)42(33)32-14-10-9-13-30(32)41(51)47(42)43-26-27-17-22-36(48)31(23-27)40-44-35-15-11-12-16-37(35)50-40/h9-26,48H,5-8H2,1-4H3/b43-26+. The van der Waals surface area contributed by atoms with Crippen LogP contribution in [-0.4, -0.2) is 52.5 Å². The van der Waals surface area contributed by atoms with E-state index >= 15 is 0 Å². The lowest BCUT2D eigenvalue weighted by molar-refractivity contribution is 0.269. The van der Waals surface area contributed by atoms with Crippen molar-refractivity contribution < 1.29 is 14.3 Å². The number of para-hydroxylation sites is 2. The average molecular weight is 694 g/mol. The van der Waals surface area contributed by atoms with Gasteiger partial charge in [0.15, 0.2) is 5.58 Å². The predicted molar refractivity (Wildman–Crippen MR) is 209 cm³/mol. The summed E-state index contributed by atoms with van der Waals surface area (Å²) in [5.74, 6) is 1.95. The third-order valence-corrected chi connectivity index (χ3v) is 10.5. The molecule has 5 aromatic carbocycles. The molecule has 0 bridgehead atoms. The Morgan fingerprint density at radius 3 is 2.02 bits per heavy atom. The fourth-order valence-corrected chi connectivity index (χ4v) is 7.93. The van der Waals surface area contributed by atoms with E-state index in [4.69, 9.17) is 26.5 Å². The maximum Gasteiger partial charge on any atom is 0.231 e. The number of hydrogen-bond donors (Lipinski definition) is 1. The molecule has 0 atom stereocenters. The summed E-state index contributed by atoms with van der Waals surface area (Å²) in [7, 11) is 0. The van der Waals surface area contributed by atoms with Crippen molar-refractivity contribution in [2.75, 3.05) is 36.0 Å². The van der Waals surface area contributed by atoms with Gasteiger partial charge in [0.2, 0.25) is 5.89 Å². The number of phenolic OH excluding ortho intramolecular Hbond substituents is 1. The van der Waals surface area contributed by atoms with Gasteiger partial charge in [0.05, 0.1) is 11.8 Å². The first-order chi connectivity index (χ1) is 24.9. The molecule has 0 fully saturated rings. The highest BCUT2D eigenvalue weighted by molar-refractivity contribution is 7.80. The topological polar surface area (TPSA) is 77.6 Å². The summed E-state index contributed by atoms with van der Waals surface area (Å²) in [5.41, 5.74) is 7.80. The second-order valence-corrected chi connectivity index (χ2v) is 13.1. The Morgan fingerprint density at radius 1 is 0.745 bits per heavy atom. The number of phenols is 1. The Hall–Kier alpha value is -5.67. The molecule has 0 aliphatic carbocycles. The molecule has 0 radical (unpaired) electrons. The molecule has 6 aromatic rings. The first-order valence-electron chi connectivity index (χ1n) is 17.5. The summed E-state index contributed by atoms with van der Waals surface area (Å²) >= 11 is 6.28. The highest BCUT2D eigenvalue weighted by atomic mass is 32.1. The van der Waals surface area contributed by atoms with Crippen LogP contribution in [0.1, 0.15) is 55.5 Å². The van der Waals surface area contributed by atoms with Crippen molar-refractivity contribution >= 4 is 45.9 Å². The number of ether oxygens (including phenoxy) is 1. The van der Waals surface area contributed by atoms with Crippen LogP contribution in [0.4, 0.5) is 11.4 Å². The predicted octanol–water partition coefficient (Wildman–Crippen LogP) is 9.32. The van der Waals surface area contributed by atoms with Crippen LogP contribution in [-0.2, 0) is 5.54 Å². The van der Waals surface area contributed by atoms with Crippen LogP contribution in [0.3, 0.4) is 0 Å². The number of rotatable bonds is 9. The van der Waals surface area contributed by atoms with Crippen LogP contribution >= 0.6 is 12.2 Å². The Labute approximate surface area is 303 Å². The number of benzene rings is 5. The molecule has 1 aromatic heterocycles. The van der Waals surface area contributed by atoms with Gasteiger partial charge >= 0.3 is 0 Å². The van der Waals surface area contributed by atoms with Crippen molar-refractivity contribution in [3.63, 3.8) is 0 Å². The summed E-state index contributed by atoms with van der Waals surface area (Å²) in [6.45, 7) is 12.2. The molecule has 8 nitrogen and oxygen atoms in total. The SMILES string of the molecule is CCN(CC)c1ccc2c(c1)Oc1cc(N(CC)CC)ccc1C21c2ccccc2C(=S)N1/N=C/c1ccc(O)c(-c2nc3ccccc3o2)c1. The molecule has 0 unspecified atom stereocenters. The molecule has 1 spiro atoms. The van der Waals surface area contributed by atoms with E-state index in [1.54, 1.807) is 12.3 Å². The average Bonchev–Trinajstić information content (AvgIpc) is 3.69. The Balaban J connectivity index is 1.32. The molecule has 2 aliphatic rings. The largest absolute Gasteiger partial charge is 0.507 e. The van der Waals surface area contributed by atoms with E-state index in [1.165, 1.54) is 0 Å². The third kappa shape index (κ3) is 5.14. The first-order valence-corrected chi connectivity index (χ1v) is 18.0. The lowest BCUT2D eigenvalue weighted by atomic mass is 9.75. The van der Waals surface area contributed by atoms with Gasteiger partial charge in [0.1, 0.15) is 33.3 Å². The van der Waals surface area contributed by atoms with Gasteiger partial charge in [-0.05, 0) is 81.3 Å². The minimum atomic E-state index is -0.906. The van der Waals surface area contributed by atoms with Crippen LogP contribution in [0.2, 0.25) is 0 Å². The van der Waals surface area contributed by atoms with Gasteiger partial charge in [-0.15, -0.1) is 0 Å². The number of thiocarbonyl (C=S) groups is 1. The normalized spacial score (nSPS) is 14.1. The molecule has 3 heterocycles. The van der Waals surface area contributed by atoms with Gasteiger partial charge in [-0.3, -0.25) is 0 Å². The lowest BCUT2D eigenvalue weighted by Crippen LogP contribution is -2.44. The summed E-state index contributed by atoms with van der Waals surface area (Å²) in [4.78, 5) is 9.87. The molecule has 9 heteroatoms. The van der Waals surface area contributed by atoms with E-state index in [1.807, 2.05) is 47.5 Å². The summed E-state index contributed by atoms with van der Waals surface area (Å²) in [6, 6.07) is 34.1. The fraction of sp³-hybridized carbons (Fsp3) is 0.214. The monoisotopic (exact) mass is 693 g/mol. The number of oxazole rings is 1. The molecule has 1 N–H and O–H groups in total.